The number of aryl methyl sites for hydroxylation is 1. The number of aromatic nitrogens is 2. The molecule has 21 heavy (non-hydrogen) atoms. The second kappa shape index (κ2) is 7.61. The second-order valence-corrected chi connectivity index (χ2v) is 6.08. The lowest BCUT2D eigenvalue weighted by atomic mass is 10.0. The molecule has 0 aliphatic carbocycles. The molecule has 114 valence electrons. The maximum absolute atomic E-state index is 6.07. The van der Waals surface area contributed by atoms with E-state index in [9.17, 15) is 0 Å². The maximum Gasteiger partial charge on any atom is 0.122 e. The van der Waals surface area contributed by atoms with Gasteiger partial charge in [0.2, 0.25) is 0 Å². The number of nitrogens with zero attached hydrogens (tertiary/aromatic N) is 2. The van der Waals surface area contributed by atoms with E-state index in [0.717, 1.165) is 35.0 Å². The first-order valence-electron chi connectivity index (χ1n) is 7.23. The van der Waals surface area contributed by atoms with E-state index in [1.165, 1.54) is 5.69 Å². The lowest BCUT2D eigenvalue weighted by Crippen LogP contribution is -2.22. The number of ether oxygens (including phenoxy) is 1. The highest BCUT2D eigenvalue weighted by molar-refractivity contribution is 9.10. The van der Waals surface area contributed by atoms with Crippen LogP contribution < -0.4 is 10.5 Å². The summed E-state index contributed by atoms with van der Waals surface area (Å²) in [4.78, 5) is 0. The van der Waals surface area contributed by atoms with E-state index in [2.05, 4.69) is 34.0 Å². The zero-order valence-electron chi connectivity index (χ0n) is 12.6. The molecule has 1 aromatic carbocycles. The zero-order chi connectivity index (χ0) is 15.2. The van der Waals surface area contributed by atoms with E-state index in [0.29, 0.717) is 6.61 Å². The number of benzene rings is 1. The summed E-state index contributed by atoms with van der Waals surface area (Å²) >= 11 is 3.51. The monoisotopic (exact) mass is 351 g/mol. The van der Waals surface area contributed by atoms with E-state index < -0.39 is 0 Å². The van der Waals surface area contributed by atoms with Crippen molar-refractivity contribution in [2.75, 3.05) is 6.61 Å². The Bertz CT molecular complexity index is 583. The lowest BCUT2D eigenvalue weighted by molar-refractivity contribution is 0.314. The van der Waals surface area contributed by atoms with Crippen LogP contribution in [0.15, 0.2) is 34.9 Å². The first kappa shape index (κ1) is 16.0. The normalized spacial score (nSPS) is 12.4. The molecule has 2 aromatic rings. The third kappa shape index (κ3) is 4.58. The highest BCUT2D eigenvalue weighted by Crippen LogP contribution is 2.25. The van der Waals surface area contributed by atoms with Crippen molar-refractivity contribution in [1.29, 1.82) is 0 Å². The van der Waals surface area contributed by atoms with Crippen LogP contribution in [-0.2, 0) is 19.9 Å². The van der Waals surface area contributed by atoms with Crippen molar-refractivity contribution in [2.45, 2.75) is 32.2 Å². The van der Waals surface area contributed by atoms with E-state index in [-0.39, 0.29) is 6.04 Å². The molecule has 0 spiro atoms. The minimum Gasteiger partial charge on any atom is -0.493 e. The molecule has 2 N–H and O–H groups in total. The predicted molar refractivity (Wildman–Crippen MR) is 88.5 cm³/mol. The Hall–Kier alpha value is -1.33. The van der Waals surface area contributed by atoms with Gasteiger partial charge in [-0.15, -0.1) is 0 Å². The molecular formula is C16H22BrN3O. The van der Waals surface area contributed by atoms with E-state index in [1.54, 1.807) is 6.20 Å². The van der Waals surface area contributed by atoms with Gasteiger partial charge in [0, 0.05) is 35.9 Å². The van der Waals surface area contributed by atoms with Crippen LogP contribution in [0.2, 0.25) is 0 Å². The second-order valence-electron chi connectivity index (χ2n) is 5.17. The molecule has 5 heteroatoms. The smallest absolute Gasteiger partial charge is 0.122 e. The average molecular weight is 352 g/mol. The predicted octanol–water partition coefficient (Wildman–Crippen LogP) is 3.08. The van der Waals surface area contributed by atoms with Crippen LogP contribution in [0, 0.1) is 0 Å². The van der Waals surface area contributed by atoms with Gasteiger partial charge in [-0.1, -0.05) is 22.9 Å². The van der Waals surface area contributed by atoms with Crippen molar-refractivity contribution >= 4 is 15.9 Å². The van der Waals surface area contributed by atoms with Crippen LogP contribution in [-0.4, -0.2) is 22.4 Å². The summed E-state index contributed by atoms with van der Waals surface area (Å²) in [5.41, 5.74) is 8.39. The van der Waals surface area contributed by atoms with Gasteiger partial charge >= 0.3 is 0 Å². The minimum absolute atomic E-state index is 0.165. The van der Waals surface area contributed by atoms with Crippen molar-refractivity contribution in [3.63, 3.8) is 0 Å². The number of hydrogen-bond acceptors (Lipinski definition) is 3. The maximum atomic E-state index is 6.07. The zero-order valence-corrected chi connectivity index (χ0v) is 14.1. The van der Waals surface area contributed by atoms with E-state index in [4.69, 9.17) is 10.5 Å². The highest BCUT2D eigenvalue weighted by Gasteiger charge is 2.09. The summed E-state index contributed by atoms with van der Waals surface area (Å²) in [6.45, 7) is 2.74. The van der Waals surface area contributed by atoms with Crippen molar-refractivity contribution < 1.29 is 4.74 Å². The fraction of sp³-hybridized carbons (Fsp3) is 0.438. The summed E-state index contributed by atoms with van der Waals surface area (Å²) < 4.78 is 8.88. The van der Waals surface area contributed by atoms with Crippen molar-refractivity contribution in [3.8, 4) is 5.75 Å². The first-order valence-corrected chi connectivity index (χ1v) is 8.03. The molecule has 1 atom stereocenters. The Balaban J connectivity index is 2.00. The standard InChI is InChI=1S/C16H22BrN3O/c1-3-14(18)11-12-10-13(17)4-5-16(12)21-9-7-15-6-8-19-20(15)2/h4-6,8,10,14H,3,7,9,11,18H2,1-2H3. The van der Waals surface area contributed by atoms with Crippen molar-refractivity contribution in [3.05, 3.63) is 46.2 Å². The fourth-order valence-corrected chi connectivity index (χ4v) is 2.60. The Morgan fingerprint density at radius 3 is 2.86 bits per heavy atom. The molecule has 0 fully saturated rings. The third-order valence-corrected chi connectivity index (χ3v) is 4.06. The lowest BCUT2D eigenvalue weighted by Gasteiger charge is -2.15. The third-order valence-electron chi connectivity index (χ3n) is 3.57. The van der Waals surface area contributed by atoms with Crippen LogP contribution in [0.3, 0.4) is 0 Å². The van der Waals surface area contributed by atoms with Crippen LogP contribution in [0.5, 0.6) is 5.75 Å². The number of halogens is 1. The molecule has 0 saturated heterocycles. The summed E-state index contributed by atoms with van der Waals surface area (Å²) in [5, 5.41) is 4.16. The van der Waals surface area contributed by atoms with Crippen LogP contribution in [0.4, 0.5) is 0 Å². The Kier molecular flexibility index (Phi) is 5.82. The van der Waals surface area contributed by atoms with Gasteiger partial charge in [0.25, 0.3) is 0 Å². The molecule has 2 rings (SSSR count). The van der Waals surface area contributed by atoms with Gasteiger partial charge in [0.1, 0.15) is 5.75 Å². The molecule has 0 aliphatic heterocycles. The molecule has 0 amide bonds. The van der Waals surface area contributed by atoms with Crippen molar-refractivity contribution in [1.82, 2.24) is 9.78 Å². The quantitative estimate of drug-likeness (QED) is 0.833. The summed E-state index contributed by atoms with van der Waals surface area (Å²) in [5.74, 6) is 0.921. The first-order chi connectivity index (χ1) is 10.1. The minimum atomic E-state index is 0.165. The number of hydrogen-bond donors (Lipinski definition) is 1. The highest BCUT2D eigenvalue weighted by atomic mass is 79.9. The van der Waals surface area contributed by atoms with Crippen LogP contribution in [0.25, 0.3) is 0 Å². The summed E-state index contributed by atoms with van der Waals surface area (Å²) in [6, 6.07) is 8.28. The van der Waals surface area contributed by atoms with E-state index >= 15 is 0 Å². The van der Waals surface area contributed by atoms with Crippen molar-refractivity contribution in [2.24, 2.45) is 12.8 Å². The molecule has 0 aliphatic rings. The molecule has 0 radical (unpaired) electrons. The van der Waals surface area contributed by atoms with Crippen LogP contribution in [0.1, 0.15) is 24.6 Å². The molecule has 1 unspecified atom stereocenters. The number of nitrogens with two attached hydrogens (primary N) is 1. The van der Waals surface area contributed by atoms with Gasteiger partial charge in [0.05, 0.1) is 6.61 Å². The Morgan fingerprint density at radius 1 is 1.38 bits per heavy atom. The molecule has 0 saturated carbocycles. The average Bonchev–Trinajstić information content (AvgIpc) is 2.86. The molecule has 0 bridgehead atoms. The van der Waals surface area contributed by atoms with Gasteiger partial charge in [-0.3, -0.25) is 4.68 Å². The van der Waals surface area contributed by atoms with Crippen LogP contribution >= 0.6 is 15.9 Å². The molecule has 1 heterocycles. The van der Waals surface area contributed by atoms with Gasteiger partial charge in [-0.25, -0.2) is 0 Å². The molecular weight excluding hydrogens is 330 g/mol. The van der Waals surface area contributed by atoms with Gasteiger partial charge < -0.3 is 10.5 Å². The van der Waals surface area contributed by atoms with E-state index in [1.807, 2.05) is 29.9 Å². The molecule has 1 aromatic heterocycles. The Morgan fingerprint density at radius 2 is 2.19 bits per heavy atom. The SMILES string of the molecule is CCC(N)Cc1cc(Br)ccc1OCCc1ccnn1C. The van der Waals surface area contributed by atoms with Gasteiger partial charge in [-0.2, -0.15) is 5.10 Å². The summed E-state index contributed by atoms with van der Waals surface area (Å²) in [7, 11) is 1.95. The fourth-order valence-electron chi connectivity index (χ4n) is 2.19. The van der Waals surface area contributed by atoms with Gasteiger partial charge in [-0.05, 0) is 42.7 Å². The summed E-state index contributed by atoms with van der Waals surface area (Å²) in [6.07, 6.45) is 4.43. The largest absolute Gasteiger partial charge is 0.493 e. The number of rotatable bonds is 7. The molecule has 4 nitrogen and oxygen atoms in total. The topological polar surface area (TPSA) is 53.1 Å². The Labute approximate surface area is 134 Å². The van der Waals surface area contributed by atoms with Gasteiger partial charge in [0.15, 0.2) is 0 Å².